The Bertz CT molecular complexity index is 686. The number of amides is 1. The van der Waals surface area contributed by atoms with Gasteiger partial charge in [0, 0.05) is 30.5 Å². The lowest BCUT2D eigenvalue weighted by Crippen LogP contribution is -2.51. The fourth-order valence-electron chi connectivity index (χ4n) is 2.70. The summed E-state index contributed by atoms with van der Waals surface area (Å²) in [5, 5.41) is 6.29. The average Bonchev–Trinajstić information content (AvgIpc) is 2.48. The van der Waals surface area contributed by atoms with Crippen molar-refractivity contribution in [3.05, 3.63) is 35.9 Å². The molecule has 0 radical (unpaired) electrons. The maximum Gasteiger partial charge on any atom is 0.253 e. The highest BCUT2D eigenvalue weighted by atomic mass is 35.5. The van der Waals surface area contributed by atoms with Gasteiger partial charge in [-0.2, -0.15) is 0 Å². The van der Waals surface area contributed by atoms with Crippen LogP contribution in [-0.2, 0) is 0 Å². The van der Waals surface area contributed by atoms with E-state index in [9.17, 15) is 9.18 Å². The molecule has 126 valence electrons. The molecular weight excluding hydrogens is 342 g/mol. The Morgan fingerprint density at radius 1 is 1.30 bits per heavy atom. The van der Waals surface area contributed by atoms with Crippen LogP contribution in [0, 0.1) is 5.82 Å². The number of rotatable bonds is 2. The van der Waals surface area contributed by atoms with E-state index in [0.29, 0.717) is 11.0 Å². The number of piperidine rings is 1. The molecule has 0 aliphatic carbocycles. The van der Waals surface area contributed by atoms with E-state index in [1.54, 1.807) is 0 Å². The van der Waals surface area contributed by atoms with E-state index >= 15 is 0 Å². The monoisotopic (exact) mass is 360 g/mol. The van der Waals surface area contributed by atoms with Crippen LogP contribution < -0.4 is 10.6 Å². The fourth-order valence-corrected chi connectivity index (χ4v) is 2.70. The molecule has 0 saturated carbocycles. The molecule has 0 spiro atoms. The first-order chi connectivity index (χ1) is 10.1. The minimum Gasteiger partial charge on any atom is -0.348 e. The van der Waals surface area contributed by atoms with Gasteiger partial charge in [-0.1, -0.05) is 0 Å². The van der Waals surface area contributed by atoms with Gasteiger partial charge in [0.05, 0.1) is 11.1 Å². The number of benzene rings is 1. The zero-order valence-corrected chi connectivity index (χ0v) is 14.2. The van der Waals surface area contributed by atoms with Gasteiger partial charge in [0.2, 0.25) is 0 Å². The van der Waals surface area contributed by atoms with Crippen LogP contribution in [0.3, 0.4) is 0 Å². The second kappa shape index (κ2) is 8.38. The molecular formula is C15H19Cl2FN4O. The highest BCUT2D eigenvalue weighted by molar-refractivity contribution is 6.04. The van der Waals surface area contributed by atoms with Gasteiger partial charge in [-0.25, -0.2) is 4.39 Å². The number of halogens is 3. The Morgan fingerprint density at radius 3 is 2.78 bits per heavy atom. The van der Waals surface area contributed by atoms with Crippen molar-refractivity contribution in [1.82, 2.24) is 20.6 Å². The molecule has 23 heavy (non-hydrogen) atoms. The maximum absolute atomic E-state index is 13.7. The van der Waals surface area contributed by atoms with E-state index in [4.69, 9.17) is 0 Å². The summed E-state index contributed by atoms with van der Waals surface area (Å²) in [6.45, 7) is 3.00. The number of hydrogen-bond donors (Lipinski definition) is 2. The molecule has 1 saturated heterocycles. The second-order valence-corrected chi connectivity index (χ2v) is 5.34. The Labute approximate surface area is 146 Å². The predicted octanol–water partition coefficient (Wildman–Crippen LogP) is 2.48. The predicted molar refractivity (Wildman–Crippen MR) is 91.9 cm³/mol. The molecule has 2 aromatic rings. The molecule has 5 nitrogen and oxygen atoms in total. The van der Waals surface area contributed by atoms with Gasteiger partial charge in [-0.05, 0) is 32.4 Å². The molecule has 2 heterocycles. The lowest BCUT2D eigenvalue weighted by atomic mass is 9.99. The third-order valence-electron chi connectivity index (χ3n) is 3.86. The number of hydrogen-bond acceptors (Lipinski definition) is 4. The standard InChI is InChI=1S/C15H17FN4O.2ClH/c1-9-12(3-2-4-17-9)20-15(21)11-7-10(16)8-13-14(11)19-6-5-18-13;;/h5-9,12,17H,2-4H2,1H3,(H,20,21);2*1H. The Hall–Kier alpha value is -1.50. The normalized spacial score (nSPS) is 20.3. The van der Waals surface area contributed by atoms with Crippen molar-refractivity contribution in [2.45, 2.75) is 31.8 Å². The molecule has 1 aromatic carbocycles. The summed E-state index contributed by atoms with van der Waals surface area (Å²) in [6.07, 6.45) is 4.91. The van der Waals surface area contributed by atoms with Crippen LogP contribution in [0.15, 0.2) is 24.5 Å². The molecule has 3 rings (SSSR count). The Balaban J connectivity index is 0.00000132. The van der Waals surface area contributed by atoms with Gasteiger partial charge in [0.25, 0.3) is 5.91 Å². The van der Waals surface area contributed by atoms with Crippen LogP contribution in [-0.4, -0.2) is 34.5 Å². The molecule has 0 bridgehead atoms. The average molecular weight is 361 g/mol. The largest absolute Gasteiger partial charge is 0.348 e. The highest BCUT2D eigenvalue weighted by Gasteiger charge is 2.24. The van der Waals surface area contributed by atoms with Crippen LogP contribution in [0.5, 0.6) is 0 Å². The summed E-state index contributed by atoms with van der Waals surface area (Å²) in [4.78, 5) is 20.7. The van der Waals surface area contributed by atoms with Crippen molar-refractivity contribution in [1.29, 1.82) is 0 Å². The number of nitrogens with one attached hydrogen (secondary N) is 2. The molecule has 1 aliphatic rings. The quantitative estimate of drug-likeness (QED) is 0.863. The summed E-state index contributed by atoms with van der Waals surface area (Å²) >= 11 is 0. The lowest BCUT2D eigenvalue weighted by molar-refractivity contribution is 0.0921. The van der Waals surface area contributed by atoms with Crippen LogP contribution >= 0.6 is 24.8 Å². The first-order valence-electron chi connectivity index (χ1n) is 7.09. The molecule has 8 heteroatoms. The van der Waals surface area contributed by atoms with Crippen LogP contribution in [0.4, 0.5) is 4.39 Å². The van der Waals surface area contributed by atoms with Gasteiger partial charge >= 0.3 is 0 Å². The minimum atomic E-state index is -0.483. The van der Waals surface area contributed by atoms with Gasteiger partial charge in [-0.3, -0.25) is 14.8 Å². The molecule has 1 fully saturated rings. The van der Waals surface area contributed by atoms with E-state index < -0.39 is 5.82 Å². The first kappa shape index (κ1) is 19.5. The van der Waals surface area contributed by atoms with E-state index in [1.807, 2.05) is 6.92 Å². The van der Waals surface area contributed by atoms with E-state index in [1.165, 1.54) is 24.5 Å². The van der Waals surface area contributed by atoms with Gasteiger partial charge in [0.15, 0.2) is 0 Å². The lowest BCUT2D eigenvalue weighted by Gasteiger charge is -2.30. The van der Waals surface area contributed by atoms with E-state index in [0.717, 1.165) is 19.4 Å². The summed E-state index contributed by atoms with van der Waals surface area (Å²) in [5.41, 5.74) is 1.04. The van der Waals surface area contributed by atoms with Crippen molar-refractivity contribution < 1.29 is 9.18 Å². The summed E-state index contributed by atoms with van der Waals surface area (Å²) in [7, 11) is 0. The zero-order chi connectivity index (χ0) is 14.8. The smallest absolute Gasteiger partial charge is 0.253 e. The molecule has 1 amide bonds. The number of nitrogens with zero attached hydrogens (tertiary/aromatic N) is 2. The third kappa shape index (κ3) is 4.28. The summed E-state index contributed by atoms with van der Waals surface area (Å²) in [5.74, 6) is -0.788. The molecule has 2 atom stereocenters. The van der Waals surface area contributed by atoms with Crippen molar-refractivity contribution >= 4 is 41.8 Å². The van der Waals surface area contributed by atoms with Crippen molar-refractivity contribution in [2.24, 2.45) is 0 Å². The van der Waals surface area contributed by atoms with Crippen molar-refractivity contribution in [2.75, 3.05) is 6.54 Å². The van der Waals surface area contributed by atoms with E-state index in [-0.39, 0.29) is 48.4 Å². The van der Waals surface area contributed by atoms with Crippen LogP contribution in [0.25, 0.3) is 11.0 Å². The SMILES string of the molecule is CC1NCCCC1NC(=O)c1cc(F)cc2nccnc12.Cl.Cl. The number of fused-ring (bicyclic) bond motifs is 1. The van der Waals surface area contributed by atoms with Crippen molar-refractivity contribution in [3.63, 3.8) is 0 Å². The Kier molecular flexibility index (Phi) is 7.12. The van der Waals surface area contributed by atoms with E-state index in [2.05, 4.69) is 20.6 Å². The molecule has 2 N–H and O–H groups in total. The zero-order valence-electron chi connectivity index (χ0n) is 12.6. The van der Waals surface area contributed by atoms with Crippen LogP contribution in [0.2, 0.25) is 0 Å². The second-order valence-electron chi connectivity index (χ2n) is 5.34. The number of carbonyl (C=O) groups excluding carboxylic acids is 1. The topological polar surface area (TPSA) is 66.9 Å². The first-order valence-corrected chi connectivity index (χ1v) is 7.09. The van der Waals surface area contributed by atoms with Gasteiger partial charge in [-0.15, -0.1) is 24.8 Å². The number of carbonyl (C=O) groups is 1. The molecule has 1 aliphatic heterocycles. The van der Waals surface area contributed by atoms with Gasteiger partial charge < -0.3 is 10.6 Å². The number of aromatic nitrogens is 2. The molecule has 2 unspecified atom stereocenters. The molecule has 1 aromatic heterocycles. The minimum absolute atomic E-state index is 0. The van der Waals surface area contributed by atoms with Gasteiger partial charge in [0.1, 0.15) is 11.3 Å². The maximum atomic E-state index is 13.7. The summed E-state index contributed by atoms with van der Waals surface area (Å²) in [6, 6.07) is 2.74. The summed E-state index contributed by atoms with van der Waals surface area (Å²) < 4.78 is 13.7. The fraction of sp³-hybridized carbons (Fsp3) is 0.400. The Morgan fingerprint density at radius 2 is 2.04 bits per heavy atom. The third-order valence-corrected chi connectivity index (χ3v) is 3.86. The van der Waals surface area contributed by atoms with Crippen LogP contribution in [0.1, 0.15) is 30.1 Å². The van der Waals surface area contributed by atoms with Crippen molar-refractivity contribution in [3.8, 4) is 0 Å². The highest BCUT2D eigenvalue weighted by Crippen LogP contribution is 2.17.